The molecule has 0 aliphatic carbocycles. The van der Waals surface area contributed by atoms with Crippen LogP contribution in [0.4, 0.5) is 0 Å². The zero-order valence-corrected chi connectivity index (χ0v) is 19.4. The first-order valence-electron chi connectivity index (χ1n) is 10.7. The average molecular weight is 442 g/mol. The van der Waals surface area contributed by atoms with E-state index in [1.165, 1.54) is 17.3 Å². The Hall–Kier alpha value is -2.47. The number of amides is 1. The van der Waals surface area contributed by atoms with E-state index < -0.39 is 12.0 Å². The number of aliphatic carboxylic acids is 1. The van der Waals surface area contributed by atoms with Crippen LogP contribution < -0.4 is 4.74 Å². The van der Waals surface area contributed by atoms with Gasteiger partial charge in [0.2, 0.25) is 5.91 Å². The predicted octanol–water partition coefficient (Wildman–Crippen LogP) is 5.99. The molecular weight excluding hydrogens is 410 g/mol. The lowest BCUT2D eigenvalue weighted by atomic mass is 9.87. The summed E-state index contributed by atoms with van der Waals surface area (Å²) in [6.45, 7) is 8.53. The number of unbranched alkanes of at least 4 members (excludes halogenated alkanes) is 1. The number of thioether (sulfide) groups is 1. The normalized spacial score (nSPS) is 17.6. The Morgan fingerprint density at radius 3 is 2.52 bits per heavy atom. The molecule has 6 heteroatoms. The first-order valence-corrected chi connectivity index (χ1v) is 11.8. The van der Waals surface area contributed by atoms with Gasteiger partial charge in [0.1, 0.15) is 22.9 Å². The van der Waals surface area contributed by atoms with E-state index in [0.29, 0.717) is 17.9 Å². The van der Waals surface area contributed by atoms with Crippen LogP contribution in [0.5, 0.6) is 11.5 Å². The molecule has 166 valence electrons. The molecule has 31 heavy (non-hydrogen) atoms. The maximum Gasteiger partial charge on any atom is 0.326 e. The van der Waals surface area contributed by atoms with E-state index >= 15 is 0 Å². The minimum atomic E-state index is -0.944. The Morgan fingerprint density at radius 2 is 1.90 bits per heavy atom. The van der Waals surface area contributed by atoms with Crippen molar-refractivity contribution >= 4 is 23.6 Å². The van der Waals surface area contributed by atoms with E-state index in [4.69, 9.17) is 4.74 Å². The number of carbonyl (C=O) groups excluding carboxylic acids is 1. The monoisotopic (exact) mass is 441 g/mol. The summed E-state index contributed by atoms with van der Waals surface area (Å²) in [6, 6.07) is 14.8. The van der Waals surface area contributed by atoms with Crippen LogP contribution in [0.15, 0.2) is 48.5 Å². The maximum absolute atomic E-state index is 12.6. The van der Waals surface area contributed by atoms with Gasteiger partial charge in [0.05, 0.1) is 5.75 Å². The molecule has 0 bridgehead atoms. The third-order valence-corrected chi connectivity index (χ3v) is 6.69. The highest BCUT2D eigenvalue weighted by Gasteiger charge is 2.40. The molecule has 0 saturated carbocycles. The van der Waals surface area contributed by atoms with Gasteiger partial charge in [0.25, 0.3) is 0 Å². The summed E-state index contributed by atoms with van der Waals surface area (Å²) >= 11 is 1.47. The van der Waals surface area contributed by atoms with Gasteiger partial charge in [0, 0.05) is 0 Å². The second kappa shape index (κ2) is 9.77. The van der Waals surface area contributed by atoms with Crippen molar-refractivity contribution in [2.24, 2.45) is 0 Å². The molecule has 5 nitrogen and oxygen atoms in total. The molecule has 1 N–H and O–H groups in total. The summed E-state index contributed by atoms with van der Waals surface area (Å²) in [5, 5.41) is 9.42. The fraction of sp³-hybridized carbons (Fsp3) is 0.440. The van der Waals surface area contributed by atoms with E-state index in [0.717, 1.165) is 24.2 Å². The molecule has 1 amide bonds. The lowest BCUT2D eigenvalue weighted by Gasteiger charge is -2.30. The second-order valence-electron chi connectivity index (χ2n) is 8.91. The number of ether oxygens (including phenoxy) is 1. The number of hydrogen-bond donors (Lipinski definition) is 1. The summed E-state index contributed by atoms with van der Waals surface area (Å²) in [4.78, 5) is 26.0. The van der Waals surface area contributed by atoms with Crippen molar-refractivity contribution in [3.63, 3.8) is 0 Å². The fourth-order valence-electron chi connectivity index (χ4n) is 3.70. The largest absolute Gasteiger partial charge is 0.480 e. The highest BCUT2D eigenvalue weighted by molar-refractivity contribution is 8.00. The first-order chi connectivity index (χ1) is 14.7. The van der Waals surface area contributed by atoms with E-state index in [1.807, 2.05) is 43.3 Å². The molecule has 2 atom stereocenters. The van der Waals surface area contributed by atoms with Crippen molar-refractivity contribution in [2.75, 3.05) is 5.75 Å². The molecule has 0 spiro atoms. The first kappa shape index (κ1) is 23.2. The number of nitrogens with zero attached hydrogens (tertiary/aromatic N) is 1. The molecule has 1 aliphatic heterocycles. The molecule has 1 unspecified atom stereocenters. The Labute approximate surface area is 188 Å². The maximum atomic E-state index is 12.6. The van der Waals surface area contributed by atoms with Crippen molar-refractivity contribution in [1.82, 2.24) is 4.90 Å². The molecule has 0 aromatic heterocycles. The average Bonchev–Trinajstić information content (AvgIpc) is 3.09. The van der Waals surface area contributed by atoms with Gasteiger partial charge in [-0.15, -0.1) is 11.8 Å². The van der Waals surface area contributed by atoms with Crippen LogP contribution in [0.1, 0.15) is 63.5 Å². The van der Waals surface area contributed by atoms with Crippen molar-refractivity contribution < 1.29 is 19.4 Å². The summed E-state index contributed by atoms with van der Waals surface area (Å²) in [5.41, 5.74) is 2.19. The Bertz CT molecular complexity index is 920. The van der Waals surface area contributed by atoms with Gasteiger partial charge in [-0.1, -0.05) is 64.8 Å². The van der Waals surface area contributed by atoms with Gasteiger partial charge in [-0.3, -0.25) is 4.79 Å². The summed E-state index contributed by atoms with van der Waals surface area (Å²) < 4.78 is 6.05. The number of rotatable bonds is 8. The van der Waals surface area contributed by atoms with Gasteiger partial charge in [-0.2, -0.15) is 0 Å². The molecule has 1 fully saturated rings. The minimum Gasteiger partial charge on any atom is -0.480 e. The van der Waals surface area contributed by atoms with E-state index in [-0.39, 0.29) is 16.7 Å². The number of carboxylic acids is 1. The zero-order chi connectivity index (χ0) is 22.6. The predicted molar refractivity (Wildman–Crippen MR) is 125 cm³/mol. The van der Waals surface area contributed by atoms with Crippen molar-refractivity contribution in [3.05, 3.63) is 59.7 Å². The third kappa shape index (κ3) is 5.62. The van der Waals surface area contributed by atoms with Gasteiger partial charge < -0.3 is 14.7 Å². The zero-order valence-electron chi connectivity index (χ0n) is 18.6. The number of benzene rings is 2. The van der Waals surface area contributed by atoms with Crippen LogP contribution in [0.2, 0.25) is 0 Å². The quantitative estimate of drug-likeness (QED) is 0.545. The number of carboxylic acid groups (broad SMARTS) is 1. The second-order valence-corrected chi connectivity index (χ2v) is 9.98. The Balaban J connectivity index is 1.81. The summed E-state index contributed by atoms with van der Waals surface area (Å²) in [6.07, 6.45) is 2.12. The van der Waals surface area contributed by atoms with Gasteiger partial charge in [0.15, 0.2) is 0 Å². The van der Waals surface area contributed by atoms with Crippen LogP contribution in [-0.2, 0) is 15.0 Å². The van der Waals surface area contributed by atoms with E-state index in [2.05, 4.69) is 32.9 Å². The molecule has 0 radical (unpaired) electrons. The number of carbonyl (C=O) groups is 2. The van der Waals surface area contributed by atoms with E-state index in [1.54, 1.807) is 4.90 Å². The molecule has 2 aromatic carbocycles. The lowest BCUT2D eigenvalue weighted by Crippen LogP contribution is -2.43. The molecule has 3 rings (SSSR count). The molecule has 2 aromatic rings. The fourth-order valence-corrected chi connectivity index (χ4v) is 4.91. The molecular formula is C25H31NO4S. The molecule has 1 heterocycles. The van der Waals surface area contributed by atoms with Crippen LogP contribution in [0, 0.1) is 0 Å². The van der Waals surface area contributed by atoms with Crippen LogP contribution in [-0.4, -0.2) is 33.7 Å². The topological polar surface area (TPSA) is 66.8 Å². The van der Waals surface area contributed by atoms with Crippen LogP contribution in [0.3, 0.4) is 0 Å². The Morgan fingerprint density at radius 1 is 1.19 bits per heavy atom. The van der Waals surface area contributed by atoms with Crippen molar-refractivity contribution in [3.8, 4) is 11.5 Å². The third-order valence-electron chi connectivity index (χ3n) is 5.46. The van der Waals surface area contributed by atoms with Gasteiger partial charge in [-0.25, -0.2) is 4.79 Å². The highest BCUT2D eigenvalue weighted by atomic mass is 32.2. The van der Waals surface area contributed by atoms with Gasteiger partial charge in [-0.05, 0) is 47.2 Å². The standard InChI is InChI=1S/C25H31NO4S/c1-5-6-10-21(24(28)29)26-22(27)16-31-23(26)17-8-7-9-20(15-17)30-19-13-11-18(12-14-19)25(2,3)4/h7-9,11-15,21,23H,5-6,10,16H2,1-4H3,(H,28,29)/t21?,23-/m1/s1. The number of hydrogen-bond acceptors (Lipinski definition) is 4. The molecule has 1 saturated heterocycles. The van der Waals surface area contributed by atoms with Gasteiger partial charge >= 0.3 is 5.97 Å². The Kier molecular flexibility index (Phi) is 7.31. The SMILES string of the molecule is CCCCC(C(=O)O)N1C(=O)CS[C@@H]1c1cccc(Oc2ccc(C(C)(C)C)cc2)c1. The van der Waals surface area contributed by atoms with Crippen molar-refractivity contribution in [1.29, 1.82) is 0 Å². The summed E-state index contributed by atoms with van der Waals surface area (Å²) in [7, 11) is 0. The summed E-state index contributed by atoms with van der Waals surface area (Å²) in [5.74, 6) is 0.632. The van der Waals surface area contributed by atoms with Crippen molar-refractivity contribution in [2.45, 2.75) is 63.8 Å². The smallest absolute Gasteiger partial charge is 0.326 e. The molecule has 1 aliphatic rings. The lowest BCUT2D eigenvalue weighted by molar-refractivity contribution is -0.149. The van der Waals surface area contributed by atoms with E-state index in [9.17, 15) is 14.7 Å². The van der Waals surface area contributed by atoms with Crippen LogP contribution in [0.25, 0.3) is 0 Å². The minimum absolute atomic E-state index is 0.0760. The highest BCUT2D eigenvalue weighted by Crippen LogP contribution is 2.42. The van der Waals surface area contributed by atoms with Crippen LogP contribution >= 0.6 is 11.8 Å².